The van der Waals surface area contributed by atoms with Crippen molar-refractivity contribution < 1.29 is 0 Å². The zero-order chi connectivity index (χ0) is 15.4. The number of nitrogen functional groups attached to an aromatic ring is 1. The molecule has 6 heteroatoms. The van der Waals surface area contributed by atoms with Gasteiger partial charge >= 0.3 is 0 Å². The maximum Gasteiger partial charge on any atom is 0.148 e. The van der Waals surface area contributed by atoms with E-state index >= 15 is 0 Å². The van der Waals surface area contributed by atoms with Crippen molar-refractivity contribution >= 4 is 23.2 Å². The van der Waals surface area contributed by atoms with Crippen LogP contribution in [0.1, 0.15) is 30.9 Å². The number of aromatic nitrogens is 2. The number of hydrogen-bond donors (Lipinski definition) is 2. The predicted octanol–water partition coefficient (Wildman–Crippen LogP) is 3.18. The fraction of sp³-hybridized carbons (Fsp3) is 0.333. The number of rotatable bonds is 5. The molecule has 0 unspecified atom stereocenters. The largest absolute Gasteiger partial charge is 0.355 e. The normalized spacial score (nSPS) is 10.8. The van der Waals surface area contributed by atoms with E-state index in [1.807, 2.05) is 31.3 Å². The first-order chi connectivity index (χ1) is 10.0. The monoisotopic (exact) mass is 305 g/mol. The standard InChI is InChI=1S/C15H20ClN5/c1-10(2)13-14(20-17)18-9-19-15(13)21(3)8-11-5-4-6-12(16)7-11/h4-7,9-10H,8,17H2,1-3H3,(H,18,19,20). The second-order valence-corrected chi connectivity index (χ2v) is 5.68. The zero-order valence-electron chi connectivity index (χ0n) is 12.5. The van der Waals surface area contributed by atoms with E-state index in [1.165, 1.54) is 6.33 Å². The molecule has 112 valence electrons. The van der Waals surface area contributed by atoms with Crippen LogP contribution in [0.25, 0.3) is 0 Å². The topological polar surface area (TPSA) is 67.1 Å². The molecule has 0 saturated heterocycles. The lowest BCUT2D eigenvalue weighted by atomic mass is 10.0. The highest BCUT2D eigenvalue weighted by molar-refractivity contribution is 6.30. The fourth-order valence-electron chi connectivity index (χ4n) is 2.32. The van der Waals surface area contributed by atoms with Crippen molar-refractivity contribution in [1.82, 2.24) is 9.97 Å². The highest BCUT2D eigenvalue weighted by atomic mass is 35.5. The lowest BCUT2D eigenvalue weighted by molar-refractivity contribution is 0.809. The van der Waals surface area contributed by atoms with E-state index in [0.29, 0.717) is 12.4 Å². The third kappa shape index (κ3) is 3.62. The molecule has 2 aromatic rings. The Labute approximate surface area is 130 Å². The molecule has 0 aliphatic heterocycles. The maximum absolute atomic E-state index is 6.03. The molecular weight excluding hydrogens is 286 g/mol. The van der Waals surface area contributed by atoms with Crippen molar-refractivity contribution in [3.8, 4) is 0 Å². The molecule has 21 heavy (non-hydrogen) atoms. The van der Waals surface area contributed by atoms with Crippen molar-refractivity contribution in [1.29, 1.82) is 0 Å². The van der Waals surface area contributed by atoms with Crippen molar-refractivity contribution in [3.63, 3.8) is 0 Å². The molecule has 1 aromatic carbocycles. The average molecular weight is 306 g/mol. The third-order valence-electron chi connectivity index (χ3n) is 3.25. The van der Waals surface area contributed by atoms with E-state index in [1.54, 1.807) is 0 Å². The van der Waals surface area contributed by atoms with Crippen molar-refractivity contribution in [2.24, 2.45) is 5.84 Å². The van der Waals surface area contributed by atoms with Crippen LogP contribution < -0.4 is 16.2 Å². The lowest BCUT2D eigenvalue weighted by Gasteiger charge is -2.24. The second kappa shape index (κ2) is 6.74. The molecule has 2 rings (SSSR count). The van der Waals surface area contributed by atoms with Crippen LogP contribution in [-0.4, -0.2) is 17.0 Å². The van der Waals surface area contributed by atoms with Crippen molar-refractivity contribution in [2.45, 2.75) is 26.3 Å². The Bertz CT molecular complexity index is 615. The molecule has 0 bridgehead atoms. The summed E-state index contributed by atoms with van der Waals surface area (Å²) in [6, 6.07) is 7.81. The molecule has 3 N–H and O–H groups in total. The van der Waals surface area contributed by atoms with Gasteiger partial charge < -0.3 is 10.3 Å². The van der Waals surface area contributed by atoms with Gasteiger partial charge in [0.2, 0.25) is 0 Å². The van der Waals surface area contributed by atoms with E-state index in [4.69, 9.17) is 17.4 Å². The number of anilines is 2. The number of hydrazine groups is 1. The van der Waals surface area contributed by atoms with Gasteiger partial charge in [0, 0.05) is 24.2 Å². The molecule has 1 aromatic heterocycles. The molecule has 0 aliphatic carbocycles. The molecule has 0 atom stereocenters. The Balaban J connectivity index is 2.32. The Morgan fingerprint density at radius 2 is 2.10 bits per heavy atom. The summed E-state index contributed by atoms with van der Waals surface area (Å²) in [7, 11) is 2.00. The number of halogens is 1. The number of hydrogen-bond acceptors (Lipinski definition) is 5. The van der Waals surface area contributed by atoms with Crippen LogP contribution in [0.3, 0.4) is 0 Å². The number of nitrogens with one attached hydrogen (secondary N) is 1. The van der Waals surface area contributed by atoms with Gasteiger partial charge in [0.25, 0.3) is 0 Å². The van der Waals surface area contributed by atoms with Crippen LogP contribution >= 0.6 is 11.6 Å². The SMILES string of the molecule is CC(C)c1c(NN)ncnc1N(C)Cc1cccc(Cl)c1. The third-order valence-corrected chi connectivity index (χ3v) is 3.48. The molecule has 0 radical (unpaired) electrons. The van der Waals surface area contributed by atoms with E-state index < -0.39 is 0 Å². The predicted molar refractivity (Wildman–Crippen MR) is 87.5 cm³/mol. The first-order valence-electron chi connectivity index (χ1n) is 6.80. The minimum Gasteiger partial charge on any atom is -0.355 e. The highest BCUT2D eigenvalue weighted by Crippen LogP contribution is 2.30. The molecule has 0 aliphatic rings. The van der Waals surface area contributed by atoms with Gasteiger partial charge in [-0.2, -0.15) is 0 Å². The van der Waals surface area contributed by atoms with Gasteiger partial charge in [-0.3, -0.25) is 0 Å². The lowest BCUT2D eigenvalue weighted by Crippen LogP contribution is -2.22. The van der Waals surface area contributed by atoms with E-state index in [-0.39, 0.29) is 5.92 Å². The second-order valence-electron chi connectivity index (χ2n) is 5.24. The van der Waals surface area contributed by atoms with Gasteiger partial charge in [-0.1, -0.05) is 37.6 Å². The van der Waals surface area contributed by atoms with Gasteiger partial charge in [-0.25, -0.2) is 15.8 Å². The summed E-state index contributed by atoms with van der Waals surface area (Å²) in [5, 5.41) is 0.733. The molecular formula is C15H20ClN5. The Hall–Kier alpha value is -1.85. The molecule has 5 nitrogen and oxygen atoms in total. The molecule has 0 saturated carbocycles. The number of nitrogens with two attached hydrogens (primary N) is 1. The molecule has 0 fully saturated rings. The first-order valence-corrected chi connectivity index (χ1v) is 7.17. The zero-order valence-corrected chi connectivity index (χ0v) is 13.2. The van der Waals surface area contributed by atoms with Gasteiger partial charge in [0.1, 0.15) is 18.0 Å². The summed E-state index contributed by atoms with van der Waals surface area (Å²) in [6.07, 6.45) is 1.52. The summed E-state index contributed by atoms with van der Waals surface area (Å²) >= 11 is 6.03. The summed E-state index contributed by atoms with van der Waals surface area (Å²) < 4.78 is 0. The fourth-order valence-corrected chi connectivity index (χ4v) is 2.53. The quantitative estimate of drug-likeness (QED) is 0.656. The maximum atomic E-state index is 6.03. The van der Waals surface area contributed by atoms with Crippen molar-refractivity contribution in [3.05, 3.63) is 46.7 Å². The van der Waals surface area contributed by atoms with Crippen LogP contribution in [-0.2, 0) is 6.54 Å². The number of benzene rings is 1. The van der Waals surface area contributed by atoms with E-state index in [0.717, 1.165) is 22.0 Å². The Kier molecular flexibility index (Phi) is 4.98. The minimum atomic E-state index is 0.258. The van der Waals surface area contributed by atoms with Crippen LogP contribution in [0.2, 0.25) is 5.02 Å². The molecule has 0 spiro atoms. The first kappa shape index (κ1) is 15.5. The summed E-state index contributed by atoms with van der Waals surface area (Å²) in [6.45, 7) is 4.90. The van der Waals surface area contributed by atoms with Crippen LogP contribution in [0.5, 0.6) is 0 Å². The number of nitrogens with zero attached hydrogens (tertiary/aromatic N) is 3. The van der Waals surface area contributed by atoms with Crippen LogP contribution in [0.15, 0.2) is 30.6 Å². The smallest absolute Gasteiger partial charge is 0.148 e. The summed E-state index contributed by atoms with van der Waals surface area (Å²) in [4.78, 5) is 10.7. The van der Waals surface area contributed by atoms with Gasteiger partial charge in [0.05, 0.1) is 0 Å². The summed E-state index contributed by atoms with van der Waals surface area (Å²) in [5.74, 6) is 7.34. The Morgan fingerprint density at radius 3 is 2.71 bits per heavy atom. The van der Waals surface area contributed by atoms with Gasteiger partial charge in [-0.15, -0.1) is 0 Å². The van der Waals surface area contributed by atoms with Crippen LogP contribution in [0, 0.1) is 0 Å². The molecule has 1 heterocycles. The summed E-state index contributed by atoms with van der Waals surface area (Å²) in [5.41, 5.74) is 4.78. The minimum absolute atomic E-state index is 0.258. The van der Waals surface area contributed by atoms with E-state index in [2.05, 4.69) is 34.1 Å². The highest BCUT2D eigenvalue weighted by Gasteiger charge is 2.17. The van der Waals surface area contributed by atoms with E-state index in [9.17, 15) is 0 Å². The van der Waals surface area contributed by atoms with Crippen molar-refractivity contribution in [2.75, 3.05) is 17.4 Å². The molecule has 0 amide bonds. The average Bonchev–Trinajstić information content (AvgIpc) is 2.46. The van der Waals surface area contributed by atoms with Gasteiger partial charge in [-0.05, 0) is 23.6 Å². The van der Waals surface area contributed by atoms with Crippen LogP contribution in [0.4, 0.5) is 11.6 Å². The Morgan fingerprint density at radius 1 is 1.33 bits per heavy atom. The van der Waals surface area contributed by atoms with Gasteiger partial charge in [0.15, 0.2) is 0 Å².